The number of amides is 1. The summed E-state index contributed by atoms with van der Waals surface area (Å²) in [6.07, 6.45) is 0. The number of carbonyl (C=O) groups excluding carboxylic acids is 2. The molecule has 20 heavy (non-hydrogen) atoms. The van der Waals surface area contributed by atoms with E-state index in [2.05, 4.69) is 4.98 Å². The number of hydrogen-bond acceptors (Lipinski definition) is 4. The summed E-state index contributed by atoms with van der Waals surface area (Å²) >= 11 is 0. The molecule has 0 aliphatic carbocycles. The lowest BCUT2D eigenvalue weighted by molar-refractivity contribution is -0.143. The van der Waals surface area contributed by atoms with E-state index in [1.807, 2.05) is 13.8 Å². The summed E-state index contributed by atoms with van der Waals surface area (Å²) in [4.78, 5) is 28.7. The molecule has 1 heterocycles. The van der Waals surface area contributed by atoms with Crippen LogP contribution in [-0.4, -0.2) is 41.5 Å². The highest BCUT2D eigenvalue weighted by atomic mass is 19.1. The van der Waals surface area contributed by atoms with E-state index in [4.69, 9.17) is 4.74 Å². The van der Waals surface area contributed by atoms with Crippen molar-refractivity contribution in [1.29, 1.82) is 0 Å². The first-order valence-corrected chi connectivity index (χ1v) is 6.51. The second-order valence-electron chi connectivity index (χ2n) is 4.73. The molecule has 1 aromatic heterocycles. The molecule has 0 saturated heterocycles. The molecular formula is C14H19FN2O3. The molecule has 1 aromatic rings. The third-order valence-electron chi connectivity index (χ3n) is 2.43. The van der Waals surface area contributed by atoms with Crippen molar-refractivity contribution in [3.8, 4) is 0 Å². The van der Waals surface area contributed by atoms with Gasteiger partial charge in [0.1, 0.15) is 12.2 Å². The topological polar surface area (TPSA) is 59.5 Å². The monoisotopic (exact) mass is 282 g/mol. The zero-order valence-electron chi connectivity index (χ0n) is 11.9. The maximum Gasteiger partial charge on any atom is 0.325 e. The molecule has 0 bridgehead atoms. The fourth-order valence-corrected chi connectivity index (χ4v) is 1.71. The molecular weight excluding hydrogens is 263 g/mol. The van der Waals surface area contributed by atoms with Crippen LogP contribution < -0.4 is 0 Å². The number of aromatic nitrogens is 1. The van der Waals surface area contributed by atoms with Gasteiger partial charge in [-0.3, -0.25) is 9.59 Å². The Labute approximate surface area is 117 Å². The summed E-state index contributed by atoms with van der Waals surface area (Å²) in [6.45, 7) is 6.00. The van der Waals surface area contributed by atoms with Gasteiger partial charge in [0, 0.05) is 6.54 Å². The predicted octanol–water partition coefficient (Wildman–Crippen LogP) is 1.88. The normalized spacial score (nSPS) is 10.4. The molecule has 1 amide bonds. The van der Waals surface area contributed by atoms with Gasteiger partial charge in [0.15, 0.2) is 0 Å². The van der Waals surface area contributed by atoms with Crippen molar-refractivity contribution in [3.05, 3.63) is 29.8 Å². The smallest absolute Gasteiger partial charge is 0.325 e. The molecule has 0 saturated carbocycles. The Kier molecular flexibility index (Phi) is 6.09. The molecule has 0 N–H and O–H groups in total. The van der Waals surface area contributed by atoms with Crippen LogP contribution in [0.2, 0.25) is 0 Å². The zero-order chi connectivity index (χ0) is 15.1. The average molecular weight is 282 g/mol. The Balaban J connectivity index is 2.86. The Morgan fingerprint density at radius 3 is 2.65 bits per heavy atom. The standard InChI is InChI=1S/C14H19FN2O3/c1-4-20-13(18)9-17(8-10(2)3)14(19)11-6-5-7-12(15)16-11/h5-7,10H,4,8-9H2,1-3H3. The van der Waals surface area contributed by atoms with Gasteiger partial charge < -0.3 is 9.64 Å². The molecule has 110 valence electrons. The number of ether oxygens (including phenoxy) is 1. The van der Waals surface area contributed by atoms with Crippen molar-refractivity contribution in [2.24, 2.45) is 5.92 Å². The summed E-state index contributed by atoms with van der Waals surface area (Å²) in [6, 6.07) is 3.99. The minimum atomic E-state index is -0.725. The maximum absolute atomic E-state index is 13.1. The second-order valence-corrected chi connectivity index (χ2v) is 4.73. The van der Waals surface area contributed by atoms with E-state index < -0.39 is 17.8 Å². The van der Waals surface area contributed by atoms with Gasteiger partial charge in [-0.25, -0.2) is 4.98 Å². The minimum absolute atomic E-state index is 0.0186. The second kappa shape index (κ2) is 7.57. The average Bonchev–Trinajstić information content (AvgIpc) is 2.37. The molecule has 0 aliphatic heterocycles. The van der Waals surface area contributed by atoms with Gasteiger partial charge in [-0.1, -0.05) is 19.9 Å². The Bertz CT molecular complexity index is 477. The van der Waals surface area contributed by atoms with Gasteiger partial charge in [-0.2, -0.15) is 4.39 Å². The van der Waals surface area contributed by atoms with Gasteiger partial charge >= 0.3 is 5.97 Å². The summed E-state index contributed by atoms with van der Waals surface area (Å²) in [7, 11) is 0. The van der Waals surface area contributed by atoms with E-state index in [9.17, 15) is 14.0 Å². The summed E-state index contributed by atoms with van der Waals surface area (Å²) in [5, 5.41) is 0. The first kappa shape index (κ1) is 16.1. The molecule has 0 aromatic carbocycles. The van der Waals surface area contributed by atoms with Crippen LogP contribution in [0.1, 0.15) is 31.3 Å². The number of rotatable bonds is 6. The summed E-state index contributed by atoms with van der Waals surface area (Å²) < 4.78 is 17.9. The molecule has 0 spiro atoms. The Morgan fingerprint density at radius 2 is 2.10 bits per heavy atom. The van der Waals surface area contributed by atoms with E-state index >= 15 is 0 Å². The minimum Gasteiger partial charge on any atom is -0.465 e. The highest BCUT2D eigenvalue weighted by molar-refractivity contribution is 5.94. The largest absolute Gasteiger partial charge is 0.465 e. The molecule has 0 fully saturated rings. The third-order valence-corrected chi connectivity index (χ3v) is 2.43. The van der Waals surface area contributed by atoms with Crippen molar-refractivity contribution in [1.82, 2.24) is 9.88 Å². The van der Waals surface area contributed by atoms with Gasteiger partial charge in [0.05, 0.1) is 6.61 Å². The summed E-state index contributed by atoms with van der Waals surface area (Å²) in [5.74, 6) is -1.53. The van der Waals surface area contributed by atoms with Crippen molar-refractivity contribution in [2.45, 2.75) is 20.8 Å². The van der Waals surface area contributed by atoms with Crippen LogP contribution in [0, 0.1) is 11.9 Å². The fourth-order valence-electron chi connectivity index (χ4n) is 1.71. The lowest BCUT2D eigenvalue weighted by atomic mass is 10.2. The van der Waals surface area contributed by atoms with E-state index in [0.29, 0.717) is 6.54 Å². The van der Waals surface area contributed by atoms with Crippen molar-refractivity contribution >= 4 is 11.9 Å². The van der Waals surface area contributed by atoms with Crippen LogP contribution in [-0.2, 0) is 9.53 Å². The lowest BCUT2D eigenvalue weighted by Crippen LogP contribution is -2.39. The molecule has 1 rings (SSSR count). The SMILES string of the molecule is CCOC(=O)CN(CC(C)C)C(=O)c1cccc(F)n1. The highest BCUT2D eigenvalue weighted by Gasteiger charge is 2.21. The Hall–Kier alpha value is -1.98. The van der Waals surface area contributed by atoms with E-state index in [1.54, 1.807) is 6.92 Å². The number of esters is 1. The molecule has 0 aliphatic rings. The Morgan fingerprint density at radius 1 is 1.40 bits per heavy atom. The highest BCUT2D eigenvalue weighted by Crippen LogP contribution is 2.07. The number of halogens is 1. The number of carbonyl (C=O) groups is 2. The number of hydrogen-bond donors (Lipinski definition) is 0. The first-order valence-electron chi connectivity index (χ1n) is 6.51. The molecule has 0 atom stereocenters. The van der Waals surface area contributed by atoms with Crippen LogP contribution in [0.4, 0.5) is 4.39 Å². The fraction of sp³-hybridized carbons (Fsp3) is 0.500. The van der Waals surface area contributed by atoms with Crippen molar-refractivity contribution < 1.29 is 18.7 Å². The van der Waals surface area contributed by atoms with Crippen LogP contribution >= 0.6 is 0 Å². The van der Waals surface area contributed by atoms with Crippen molar-refractivity contribution in [2.75, 3.05) is 19.7 Å². The summed E-state index contributed by atoms with van der Waals surface area (Å²) in [5.41, 5.74) is -0.0186. The van der Waals surface area contributed by atoms with Gasteiger partial charge in [0.25, 0.3) is 5.91 Å². The molecule has 0 unspecified atom stereocenters. The van der Waals surface area contributed by atoms with E-state index in [-0.39, 0.29) is 24.8 Å². The van der Waals surface area contributed by atoms with Crippen LogP contribution in [0.25, 0.3) is 0 Å². The predicted molar refractivity (Wildman–Crippen MR) is 71.6 cm³/mol. The van der Waals surface area contributed by atoms with E-state index in [1.165, 1.54) is 17.0 Å². The van der Waals surface area contributed by atoms with Crippen LogP contribution in [0.3, 0.4) is 0 Å². The molecule has 0 radical (unpaired) electrons. The molecule has 6 heteroatoms. The van der Waals surface area contributed by atoms with Gasteiger partial charge in [-0.15, -0.1) is 0 Å². The van der Waals surface area contributed by atoms with Crippen LogP contribution in [0.15, 0.2) is 18.2 Å². The molecule has 5 nitrogen and oxygen atoms in total. The first-order chi connectivity index (χ1) is 9.43. The lowest BCUT2D eigenvalue weighted by Gasteiger charge is -2.23. The number of pyridine rings is 1. The van der Waals surface area contributed by atoms with Gasteiger partial charge in [0.2, 0.25) is 5.95 Å². The van der Waals surface area contributed by atoms with Gasteiger partial charge in [-0.05, 0) is 25.0 Å². The third kappa shape index (κ3) is 4.95. The van der Waals surface area contributed by atoms with Crippen molar-refractivity contribution in [3.63, 3.8) is 0 Å². The number of nitrogens with zero attached hydrogens (tertiary/aromatic N) is 2. The maximum atomic E-state index is 13.1. The van der Waals surface area contributed by atoms with Crippen LogP contribution in [0.5, 0.6) is 0 Å². The quantitative estimate of drug-likeness (QED) is 0.590. The zero-order valence-corrected chi connectivity index (χ0v) is 11.9. The van der Waals surface area contributed by atoms with E-state index in [0.717, 1.165) is 6.07 Å².